The molecule has 0 spiro atoms. The van der Waals surface area contributed by atoms with Crippen LogP contribution in [0.1, 0.15) is 6.92 Å². The number of halogens is 1. The van der Waals surface area contributed by atoms with Gasteiger partial charge in [-0.1, -0.05) is 0 Å². The van der Waals surface area contributed by atoms with E-state index in [9.17, 15) is 4.79 Å². The molecule has 0 unspecified atom stereocenters. The number of hydrogen-bond donors (Lipinski definition) is 2. The highest BCUT2D eigenvalue weighted by Crippen LogP contribution is 1.84. The summed E-state index contributed by atoms with van der Waals surface area (Å²) in [5, 5.41) is 8.59. The molecule has 0 fully saturated rings. The quantitative estimate of drug-likeness (QED) is 0.328. The van der Waals surface area contributed by atoms with Gasteiger partial charge in [-0.2, -0.15) is 0 Å². The molecule has 54 valence electrons. The van der Waals surface area contributed by atoms with Gasteiger partial charge in [0.15, 0.2) is 0 Å². The first-order chi connectivity index (χ1) is 4.13. The molecule has 1 amide bonds. The first-order valence-electron chi connectivity index (χ1n) is 2.38. The molecule has 0 radical (unpaired) electrons. The van der Waals surface area contributed by atoms with Crippen LogP contribution in [0.2, 0.25) is 0 Å². The van der Waals surface area contributed by atoms with E-state index in [-0.39, 0.29) is 10.5 Å². The molecule has 9 heavy (non-hydrogen) atoms. The molecule has 0 aromatic rings. The summed E-state index contributed by atoms with van der Waals surface area (Å²) < 4.78 is -0.298. The van der Waals surface area contributed by atoms with E-state index < -0.39 is 6.10 Å². The van der Waals surface area contributed by atoms with Gasteiger partial charge in [0.25, 0.3) is 0 Å². The highest BCUT2D eigenvalue weighted by Gasteiger charge is 1.95. The van der Waals surface area contributed by atoms with Gasteiger partial charge < -0.3 is 5.11 Å². The molecule has 0 aromatic heterocycles. The number of hydrogen-bond acceptors (Lipinski definition) is 3. The summed E-state index contributed by atoms with van der Waals surface area (Å²) in [5.74, 6) is 0. The Labute approximate surface area is 66.7 Å². The van der Waals surface area contributed by atoms with Crippen molar-refractivity contribution in [3.05, 3.63) is 0 Å². The second kappa shape index (κ2) is 4.95. The number of aliphatic hydroxyl groups is 1. The summed E-state index contributed by atoms with van der Waals surface area (Å²) >= 11 is 1.53. The molecule has 0 saturated heterocycles. The standard InChI is InChI=1S/C4H8INO3/c1-3(7)2-9-6-4(5)8/h3,7H,2H2,1H3,(H,6,8)/t3-/m0/s1. The van der Waals surface area contributed by atoms with Crippen LogP contribution < -0.4 is 5.48 Å². The Morgan fingerprint density at radius 2 is 2.56 bits per heavy atom. The third-order valence-corrected chi connectivity index (χ3v) is 0.697. The molecule has 0 aliphatic heterocycles. The van der Waals surface area contributed by atoms with Crippen LogP contribution in [0.4, 0.5) is 4.79 Å². The van der Waals surface area contributed by atoms with Gasteiger partial charge in [-0.05, 0) is 6.92 Å². The number of carbonyl (C=O) groups is 1. The van der Waals surface area contributed by atoms with E-state index in [4.69, 9.17) is 5.11 Å². The van der Waals surface area contributed by atoms with Crippen LogP contribution in [0.3, 0.4) is 0 Å². The lowest BCUT2D eigenvalue weighted by Gasteiger charge is -2.03. The number of nitrogens with one attached hydrogen (secondary N) is 1. The third kappa shape index (κ3) is 8.12. The van der Waals surface area contributed by atoms with Crippen LogP contribution in [0.25, 0.3) is 0 Å². The third-order valence-electron chi connectivity index (χ3n) is 0.477. The minimum absolute atomic E-state index is 0.120. The number of carbonyl (C=O) groups excluding carboxylic acids is 1. The molecule has 0 bridgehead atoms. The lowest BCUT2D eigenvalue weighted by atomic mass is 10.5. The van der Waals surface area contributed by atoms with Crippen molar-refractivity contribution in [1.29, 1.82) is 0 Å². The zero-order valence-corrected chi connectivity index (χ0v) is 7.08. The van der Waals surface area contributed by atoms with Crippen LogP contribution in [-0.4, -0.2) is 21.7 Å². The summed E-state index contributed by atoms with van der Waals surface area (Å²) in [6.45, 7) is 1.69. The van der Waals surface area contributed by atoms with Crippen molar-refractivity contribution in [1.82, 2.24) is 5.48 Å². The summed E-state index contributed by atoms with van der Waals surface area (Å²) in [6.07, 6.45) is -0.548. The van der Waals surface area contributed by atoms with Crippen molar-refractivity contribution in [3.8, 4) is 0 Å². The van der Waals surface area contributed by atoms with Gasteiger partial charge in [0.2, 0.25) is 0 Å². The largest absolute Gasteiger partial charge is 0.391 e. The lowest BCUT2D eigenvalue weighted by molar-refractivity contribution is 0.00952. The van der Waals surface area contributed by atoms with Crippen LogP contribution in [0, 0.1) is 0 Å². The van der Waals surface area contributed by atoms with E-state index in [0.29, 0.717) is 0 Å². The van der Waals surface area contributed by atoms with Crippen molar-refractivity contribution in [2.75, 3.05) is 6.61 Å². The molecular formula is C4H8INO3. The van der Waals surface area contributed by atoms with Gasteiger partial charge in [-0.15, -0.1) is 0 Å². The monoisotopic (exact) mass is 245 g/mol. The second-order valence-corrected chi connectivity index (χ2v) is 2.52. The fraction of sp³-hybridized carbons (Fsp3) is 0.750. The van der Waals surface area contributed by atoms with E-state index in [2.05, 4.69) is 10.3 Å². The number of rotatable bonds is 3. The zero-order valence-electron chi connectivity index (χ0n) is 4.93. The topological polar surface area (TPSA) is 58.6 Å². The predicted molar refractivity (Wildman–Crippen MR) is 40.2 cm³/mol. The molecule has 0 aliphatic rings. The van der Waals surface area contributed by atoms with Gasteiger partial charge in [0, 0.05) is 22.6 Å². The molecule has 1 atom stereocenters. The van der Waals surface area contributed by atoms with Crippen molar-refractivity contribution < 1.29 is 14.7 Å². The minimum atomic E-state index is -0.548. The molecule has 0 saturated carbocycles. The Hall–Kier alpha value is 0.120. The van der Waals surface area contributed by atoms with Crippen LogP contribution >= 0.6 is 22.6 Å². The average Bonchev–Trinajstić information content (AvgIpc) is 1.63. The molecule has 0 heterocycles. The van der Waals surface area contributed by atoms with Crippen molar-refractivity contribution in [2.45, 2.75) is 13.0 Å². The van der Waals surface area contributed by atoms with E-state index in [1.807, 2.05) is 0 Å². The highest BCUT2D eigenvalue weighted by atomic mass is 127. The number of hydroxylamine groups is 1. The Morgan fingerprint density at radius 1 is 2.00 bits per heavy atom. The fourth-order valence-electron chi connectivity index (χ4n) is 0.219. The summed E-state index contributed by atoms with van der Waals surface area (Å²) in [4.78, 5) is 14.6. The maximum absolute atomic E-state index is 10.1. The van der Waals surface area contributed by atoms with Crippen molar-refractivity contribution in [2.24, 2.45) is 0 Å². The first kappa shape index (κ1) is 9.12. The SMILES string of the molecule is C[C@H](O)CONC(=O)I. The molecule has 5 heteroatoms. The molecule has 2 N–H and O–H groups in total. The molecule has 0 rings (SSSR count). The van der Waals surface area contributed by atoms with Crippen LogP contribution in [0.5, 0.6) is 0 Å². The summed E-state index contributed by atoms with van der Waals surface area (Å²) in [5.41, 5.74) is 2.06. The average molecular weight is 245 g/mol. The van der Waals surface area contributed by atoms with Crippen LogP contribution in [0.15, 0.2) is 0 Å². The smallest absolute Gasteiger partial charge is 0.304 e. The minimum Gasteiger partial charge on any atom is -0.391 e. The molecular weight excluding hydrogens is 237 g/mol. The summed E-state index contributed by atoms with van der Waals surface area (Å²) in [6, 6.07) is 0. The van der Waals surface area contributed by atoms with Gasteiger partial charge >= 0.3 is 3.91 Å². The predicted octanol–water partition coefficient (Wildman–Crippen LogP) is 0.443. The fourth-order valence-corrected chi connectivity index (χ4v) is 0.375. The Morgan fingerprint density at radius 3 is 2.89 bits per heavy atom. The molecule has 0 aliphatic carbocycles. The summed E-state index contributed by atoms with van der Waals surface area (Å²) in [7, 11) is 0. The van der Waals surface area contributed by atoms with Gasteiger partial charge in [-0.25, -0.2) is 5.48 Å². The lowest BCUT2D eigenvalue weighted by Crippen LogP contribution is -2.22. The first-order valence-corrected chi connectivity index (χ1v) is 3.46. The number of aliphatic hydroxyl groups excluding tert-OH is 1. The molecule has 4 nitrogen and oxygen atoms in total. The van der Waals surface area contributed by atoms with E-state index >= 15 is 0 Å². The van der Waals surface area contributed by atoms with Gasteiger partial charge in [0.05, 0.1) is 6.10 Å². The maximum atomic E-state index is 10.1. The second-order valence-electron chi connectivity index (χ2n) is 1.54. The molecule has 0 aromatic carbocycles. The van der Waals surface area contributed by atoms with Crippen molar-refractivity contribution >= 4 is 26.5 Å². The Balaban J connectivity index is 3.01. The normalized spacial score (nSPS) is 12.8. The van der Waals surface area contributed by atoms with E-state index in [1.54, 1.807) is 6.92 Å². The Bertz CT molecular complexity index is 95.8. The van der Waals surface area contributed by atoms with E-state index in [1.165, 1.54) is 22.6 Å². The number of amides is 1. The maximum Gasteiger partial charge on any atom is 0.304 e. The zero-order chi connectivity index (χ0) is 7.28. The Kier molecular flexibility index (Phi) is 5.02. The van der Waals surface area contributed by atoms with Crippen LogP contribution in [-0.2, 0) is 4.84 Å². The van der Waals surface area contributed by atoms with Gasteiger partial charge in [0.1, 0.15) is 6.61 Å². The van der Waals surface area contributed by atoms with E-state index in [0.717, 1.165) is 0 Å². The van der Waals surface area contributed by atoms with Crippen molar-refractivity contribution in [3.63, 3.8) is 0 Å². The highest BCUT2D eigenvalue weighted by molar-refractivity contribution is 14.1. The van der Waals surface area contributed by atoms with Gasteiger partial charge in [-0.3, -0.25) is 9.63 Å².